The number of hydrogen-bond donors (Lipinski definition) is 2. The van der Waals surface area contributed by atoms with Crippen LogP contribution >= 0.6 is 11.8 Å². The Balaban J connectivity index is 1.49. The van der Waals surface area contributed by atoms with E-state index in [1.165, 1.54) is 43.4 Å². The highest BCUT2D eigenvalue weighted by Crippen LogP contribution is 2.44. The minimum Gasteiger partial charge on any atom is -0.330 e. The summed E-state index contributed by atoms with van der Waals surface area (Å²) in [6.45, 7) is 3.12. The van der Waals surface area contributed by atoms with Gasteiger partial charge in [-0.15, -0.1) is 11.8 Å². The van der Waals surface area contributed by atoms with E-state index in [9.17, 15) is 8.42 Å². The van der Waals surface area contributed by atoms with Crippen LogP contribution in [0.15, 0.2) is 52.3 Å². The van der Waals surface area contributed by atoms with E-state index in [1.807, 2.05) is 6.07 Å². The van der Waals surface area contributed by atoms with Crippen LogP contribution in [0, 0.1) is 5.92 Å². The van der Waals surface area contributed by atoms with Gasteiger partial charge < -0.3 is 10.2 Å². The van der Waals surface area contributed by atoms with Crippen molar-refractivity contribution in [2.24, 2.45) is 11.1 Å². The Kier molecular flexibility index (Phi) is 6.20. The number of primary sulfonamides is 1. The van der Waals surface area contributed by atoms with Gasteiger partial charge >= 0.3 is 0 Å². The van der Waals surface area contributed by atoms with Gasteiger partial charge in [-0.1, -0.05) is 43.9 Å². The van der Waals surface area contributed by atoms with Crippen molar-refractivity contribution in [3.8, 4) is 0 Å². The third kappa shape index (κ3) is 4.79. The Morgan fingerprint density at radius 2 is 1.93 bits per heavy atom. The number of rotatable bonds is 7. The predicted molar refractivity (Wildman–Crippen MR) is 120 cm³/mol. The van der Waals surface area contributed by atoms with Gasteiger partial charge in [0.05, 0.1) is 16.5 Å². The van der Waals surface area contributed by atoms with Gasteiger partial charge in [0.25, 0.3) is 0 Å². The van der Waals surface area contributed by atoms with Crippen molar-refractivity contribution in [3.63, 3.8) is 0 Å². The van der Waals surface area contributed by atoms with E-state index in [2.05, 4.69) is 41.4 Å². The van der Waals surface area contributed by atoms with E-state index in [4.69, 9.17) is 5.14 Å². The smallest absolute Gasteiger partial charge is 0.238 e. The summed E-state index contributed by atoms with van der Waals surface area (Å²) in [5.74, 6) is 1.64. The number of para-hydroxylation sites is 1. The van der Waals surface area contributed by atoms with Gasteiger partial charge in [-0.25, -0.2) is 13.6 Å². The first-order chi connectivity index (χ1) is 13.9. The molecule has 4 rings (SSSR count). The first-order valence-electron chi connectivity index (χ1n) is 10.3. The molecular formula is C22H29N3O2S2. The van der Waals surface area contributed by atoms with Crippen LogP contribution in [-0.2, 0) is 16.6 Å². The van der Waals surface area contributed by atoms with E-state index in [1.54, 1.807) is 23.9 Å². The summed E-state index contributed by atoms with van der Waals surface area (Å²) in [7, 11) is -3.68. The molecule has 2 aliphatic rings. The highest BCUT2D eigenvalue weighted by atomic mass is 32.2. The molecule has 3 N–H and O–H groups in total. The summed E-state index contributed by atoms with van der Waals surface area (Å²) in [5.41, 5.74) is 3.46. The Bertz CT molecular complexity index is 972. The van der Waals surface area contributed by atoms with E-state index < -0.39 is 10.0 Å². The summed E-state index contributed by atoms with van der Waals surface area (Å²) < 4.78 is 23.3. The minimum absolute atomic E-state index is 0.168. The molecular weight excluding hydrogens is 402 g/mol. The predicted octanol–water partition coefficient (Wildman–Crippen LogP) is 4.59. The molecule has 1 atom stereocenters. The number of nitrogens with one attached hydrogen (secondary N) is 1. The molecule has 0 amide bonds. The van der Waals surface area contributed by atoms with E-state index in [0.29, 0.717) is 6.04 Å². The molecule has 0 bridgehead atoms. The van der Waals surface area contributed by atoms with Crippen molar-refractivity contribution < 1.29 is 8.42 Å². The average molecular weight is 432 g/mol. The molecule has 0 spiro atoms. The van der Waals surface area contributed by atoms with Crippen LogP contribution in [0.4, 0.5) is 11.4 Å². The standard InChI is InChI=1S/C22H29N3O2S2/c1-16(12-17-6-2-3-7-17)24-14-18-8-4-5-9-20(18)25-15-28-22-13-19(29(23,26)27)10-11-21(22)25/h4-5,8-11,13,16-17,24H,2-3,6-7,12,14-15H2,1H3,(H2,23,26,27)/t16-/m0/s1. The normalized spacial score (nSPS) is 18.2. The first kappa shape index (κ1) is 20.7. The van der Waals surface area contributed by atoms with Gasteiger partial charge in [0.1, 0.15) is 0 Å². The largest absolute Gasteiger partial charge is 0.330 e. The zero-order valence-electron chi connectivity index (χ0n) is 16.8. The molecule has 7 heteroatoms. The van der Waals surface area contributed by atoms with Crippen LogP contribution in [-0.4, -0.2) is 20.3 Å². The van der Waals surface area contributed by atoms with Gasteiger partial charge in [-0.3, -0.25) is 0 Å². The fraction of sp³-hybridized carbons (Fsp3) is 0.455. The molecule has 1 fully saturated rings. The second-order valence-electron chi connectivity index (χ2n) is 8.17. The maximum absolute atomic E-state index is 11.7. The van der Waals surface area contributed by atoms with Crippen LogP contribution in [0.25, 0.3) is 0 Å². The van der Waals surface area contributed by atoms with Gasteiger partial charge in [0.15, 0.2) is 0 Å². The molecule has 1 heterocycles. The van der Waals surface area contributed by atoms with Crippen molar-refractivity contribution in [3.05, 3.63) is 48.0 Å². The van der Waals surface area contributed by atoms with Crippen molar-refractivity contribution in [2.75, 3.05) is 10.8 Å². The molecule has 5 nitrogen and oxygen atoms in total. The molecule has 156 valence electrons. The van der Waals surface area contributed by atoms with Crippen LogP contribution in [0.1, 0.15) is 44.6 Å². The second-order valence-corrected chi connectivity index (χ2v) is 10.7. The maximum Gasteiger partial charge on any atom is 0.238 e. The van der Waals surface area contributed by atoms with Crippen LogP contribution < -0.4 is 15.4 Å². The molecule has 0 unspecified atom stereocenters. The SMILES string of the molecule is C[C@@H](CC1CCCC1)NCc1ccccc1N1CSc2cc(S(N)(=O)=O)ccc21. The zero-order valence-corrected chi connectivity index (χ0v) is 18.4. The monoisotopic (exact) mass is 431 g/mol. The number of nitrogens with zero attached hydrogens (tertiary/aromatic N) is 1. The Labute approximate surface area is 178 Å². The summed E-state index contributed by atoms with van der Waals surface area (Å²) in [4.78, 5) is 3.38. The second kappa shape index (κ2) is 8.68. The van der Waals surface area contributed by atoms with Gasteiger partial charge in [-0.2, -0.15) is 0 Å². The summed E-state index contributed by atoms with van der Waals surface area (Å²) >= 11 is 1.64. The van der Waals surface area contributed by atoms with Gasteiger partial charge in [0.2, 0.25) is 10.0 Å². The van der Waals surface area contributed by atoms with Crippen molar-refractivity contribution in [1.29, 1.82) is 0 Å². The molecule has 0 saturated heterocycles. The number of fused-ring (bicyclic) bond motifs is 1. The van der Waals surface area contributed by atoms with E-state index >= 15 is 0 Å². The van der Waals surface area contributed by atoms with Crippen molar-refractivity contribution in [1.82, 2.24) is 5.32 Å². The lowest BCUT2D eigenvalue weighted by atomic mass is 9.99. The lowest BCUT2D eigenvalue weighted by molar-refractivity contribution is 0.404. The van der Waals surface area contributed by atoms with Crippen LogP contribution in [0.2, 0.25) is 0 Å². The lowest BCUT2D eigenvalue weighted by Gasteiger charge is -2.24. The molecule has 0 radical (unpaired) electrons. The van der Waals surface area contributed by atoms with Crippen LogP contribution in [0.5, 0.6) is 0 Å². The Hall–Kier alpha value is -1.54. The molecule has 0 aromatic heterocycles. The quantitative estimate of drug-likeness (QED) is 0.670. The molecule has 1 aliphatic carbocycles. The number of benzene rings is 2. The summed E-state index contributed by atoms with van der Waals surface area (Å²) in [6.07, 6.45) is 6.79. The molecule has 29 heavy (non-hydrogen) atoms. The van der Waals surface area contributed by atoms with Gasteiger partial charge in [-0.05, 0) is 49.1 Å². The summed E-state index contributed by atoms with van der Waals surface area (Å²) in [6, 6.07) is 14.1. The van der Waals surface area contributed by atoms with Crippen molar-refractivity contribution in [2.45, 2.75) is 61.4 Å². The highest BCUT2D eigenvalue weighted by molar-refractivity contribution is 8.00. The topological polar surface area (TPSA) is 75.4 Å². The van der Waals surface area contributed by atoms with E-state index in [0.717, 1.165) is 28.9 Å². The Morgan fingerprint density at radius 3 is 2.69 bits per heavy atom. The number of sulfonamides is 1. The van der Waals surface area contributed by atoms with Gasteiger partial charge in [0, 0.05) is 23.2 Å². The number of anilines is 2. The fourth-order valence-electron chi connectivity index (χ4n) is 4.45. The average Bonchev–Trinajstić information content (AvgIpc) is 3.35. The number of thioether (sulfide) groups is 1. The fourth-order valence-corrected chi connectivity index (χ4v) is 6.15. The maximum atomic E-state index is 11.7. The number of nitrogens with two attached hydrogens (primary N) is 1. The molecule has 1 aliphatic heterocycles. The minimum atomic E-state index is -3.68. The third-order valence-electron chi connectivity index (χ3n) is 5.98. The molecule has 2 aromatic rings. The molecule has 2 aromatic carbocycles. The van der Waals surface area contributed by atoms with Crippen molar-refractivity contribution >= 4 is 33.2 Å². The Morgan fingerprint density at radius 1 is 1.17 bits per heavy atom. The lowest BCUT2D eigenvalue weighted by Crippen LogP contribution is -2.28. The van der Waals surface area contributed by atoms with Crippen LogP contribution in [0.3, 0.4) is 0 Å². The first-order valence-corrected chi connectivity index (χ1v) is 12.8. The third-order valence-corrected chi connectivity index (χ3v) is 7.92. The number of hydrogen-bond acceptors (Lipinski definition) is 5. The van der Waals surface area contributed by atoms with E-state index in [-0.39, 0.29) is 4.90 Å². The highest BCUT2D eigenvalue weighted by Gasteiger charge is 2.25. The summed E-state index contributed by atoms with van der Waals surface area (Å²) in [5, 5.41) is 9.00. The molecule has 1 saturated carbocycles. The zero-order chi connectivity index (χ0) is 20.4.